The van der Waals surface area contributed by atoms with Crippen LogP contribution in [-0.4, -0.2) is 6.54 Å². The second-order valence-electron chi connectivity index (χ2n) is 4.36. The molecule has 1 N–H and O–H groups in total. The second-order valence-corrected chi connectivity index (χ2v) is 8.53. The van der Waals surface area contributed by atoms with Crippen LogP contribution in [0.15, 0.2) is 37.0 Å². The van der Waals surface area contributed by atoms with Gasteiger partial charge in [0.1, 0.15) is 5.82 Å². The Morgan fingerprint density at radius 3 is 2.50 bits per heavy atom. The summed E-state index contributed by atoms with van der Waals surface area (Å²) in [4.78, 5) is 1.23. The van der Waals surface area contributed by atoms with Crippen molar-refractivity contribution in [3.63, 3.8) is 0 Å². The van der Waals surface area contributed by atoms with Crippen LogP contribution >= 0.6 is 59.1 Å². The van der Waals surface area contributed by atoms with Gasteiger partial charge in [0.2, 0.25) is 0 Å². The molecule has 108 valence electrons. The summed E-state index contributed by atoms with van der Waals surface area (Å²) in [7, 11) is 0. The molecule has 1 atom stereocenters. The zero-order valence-electron chi connectivity index (χ0n) is 10.7. The minimum atomic E-state index is -0.210. The van der Waals surface area contributed by atoms with Crippen LogP contribution in [0.1, 0.15) is 23.4 Å². The van der Waals surface area contributed by atoms with Gasteiger partial charge in [-0.05, 0) is 74.7 Å². The molecule has 1 heterocycles. The lowest BCUT2D eigenvalue weighted by atomic mass is 10.0. The quantitative estimate of drug-likeness (QED) is 0.542. The molecule has 1 unspecified atom stereocenters. The fraction of sp³-hybridized carbons (Fsp3) is 0.286. The van der Waals surface area contributed by atoms with Crippen molar-refractivity contribution in [2.75, 3.05) is 6.54 Å². The van der Waals surface area contributed by atoms with Gasteiger partial charge < -0.3 is 5.32 Å². The van der Waals surface area contributed by atoms with Gasteiger partial charge >= 0.3 is 0 Å². The van der Waals surface area contributed by atoms with E-state index in [9.17, 15) is 4.39 Å². The van der Waals surface area contributed by atoms with Gasteiger partial charge in [-0.25, -0.2) is 4.39 Å². The first-order chi connectivity index (χ1) is 9.49. The van der Waals surface area contributed by atoms with E-state index in [1.54, 1.807) is 17.4 Å². The molecule has 0 amide bonds. The molecule has 0 saturated carbocycles. The zero-order valence-corrected chi connectivity index (χ0v) is 16.3. The van der Waals surface area contributed by atoms with Crippen molar-refractivity contribution in [2.45, 2.75) is 19.4 Å². The van der Waals surface area contributed by atoms with E-state index in [2.05, 4.69) is 66.1 Å². The van der Waals surface area contributed by atoms with Crippen molar-refractivity contribution in [1.82, 2.24) is 5.32 Å². The Balaban J connectivity index is 2.24. The number of hydrogen-bond donors (Lipinski definition) is 1. The number of likely N-dealkylation sites (N-methyl/N-ethyl adjacent to an activating group) is 1. The highest BCUT2D eigenvalue weighted by Crippen LogP contribution is 2.36. The van der Waals surface area contributed by atoms with Crippen molar-refractivity contribution >= 4 is 59.1 Å². The van der Waals surface area contributed by atoms with Crippen LogP contribution in [0.4, 0.5) is 4.39 Å². The lowest BCUT2D eigenvalue weighted by molar-refractivity contribution is 0.554. The molecule has 0 fully saturated rings. The number of rotatable bonds is 5. The van der Waals surface area contributed by atoms with Crippen molar-refractivity contribution in [3.8, 4) is 0 Å². The molecule has 1 aromatic carbocycles. The van der Waals surface area contributed by atoms with Crippen LogP contribution in [-0.2, 0) is 6.42 Å². The van der Waals surface area contributed by atoms with E-state index in [4.69, 9.17) is 0 Å². The summed E-state index contributed by atoms with van der Waals surface area (Å²) in [6.45, 7) is 2.94. The number of thiophene rings is 1. The number of benzene rings is 1. The number of nitrogens with one attached hydrogen (secondary N) is 1. The van der Waals surface area contributed by atoms with Crippen LogP contribution in [0.2, 0.25) is 0 Å². The Morgan fingerprint density at radius 2 is 1.95 bits per heavy atom. The van der Waals surface area contributed by atoms with E-state index in [1.165, 1.54) is 10.9 Å². The molecule has 0 bridgehead atoms. The fourth-order valence-electron chi connectivity index (χ4n) is 2.02. The smallest absolute Gasteiger partial charge is 0.124 e. The highest BCUT2D eigenvalue weighted by molar-refractivity contribution is 9.13. The van der Waals surface area contributed by atoms with E-state index in [0.29, 0.717) is 0 Å². The summed E-state index contributed by atoms with van der Waals surface area (Å²) < 4.78 is 16.4. The van der Waals surface area contributed by atoms with E-state index in [0.717, 1.165) is 31.3 Å². The van der Waals surface area contributed by atoms with Gasteiger partial charge in [-0.2, -0.15) is 0 Å². The zero-order chi connectivity index (χ0) is 14.7. The predicted octanol–water partition coefficient (Wildman–Crippen LogP) is 6.07. The summed E-state index contributed by atoms with van der Waals surface area (Å²) in [5.74, 6) is -0.210. The topological polar surface area (TPSA) is 12.0 Å². The molecular formula is C14H13Br3FNS. The Labute approximate surface area is 147 Å². The highest BCUT2D eigenvalue weighted by Gasteiger charge is 2.16. The molecule has 0 aliphatic rings. The molecule has 0 spiro atoms. The maximum Gasteiger partial charge on any atom is 0.124 e. The largest absolute Gasteiger partial charge is 0.309 e. The maximum absolute atomic E-state index is 13.5. The van der Waals surface area contributed by atoms with Crippen molar-refractivity contribution in [2.24, 2.45) is 0 Å². The normalized spacial score (nSPS) is 12.7. The SMILES string of the molecule is CCNC(Cc1cc(F)cc(Br)c1)c1cc(Br)c(Br)s1. The monoisotopic (exact) mass is 483 g/mol. The highest BCUT2D eigenvalue weighted by atomic mass is 79.9. The summed E-state index contributed by atoms with van der Waals surface area (Å²) in [6.07, 6.45) is 0.754. The van der Waals surface area contributed by atoms with Gasteiger partial charge in [-0.15, -0.1) is 11.3 Å². The van der Waals surface area contributed by atoms with Gasteiger partial charge in [0, 0.05) is 19.9 Å². The number of hydrogen-bond acceptors (Lipinski definition) is 2. The Morgan fingerprint density at radius 1 is 1.20 bits per heavy atom. The third-order valence-electron chi connectivity index (χ3n) is 2.82. The van der Waals surface area contributed by atoms with Gasteiger partial charge in [0.25, 0.3) is 0 Å². The van der Waals surface area contributed by atoms with Crippen LogP contribution in [0.25, 0.3) is 0 Å². The Kier molecular flexibility index (Phi) is 6.23. The van der Waals surface area contributed by atoms with E-state index >= 15 is 0 Å². The van der Waals surface area contributed by atoms with Gasteiger partial charge in [-0.1, -0.05) is 22.9 Å². The van der Waals surface area contributed by atoms with Crippen molar-refractivity contribution in [1.29, 1.82) is 0 Å². The summed E-state index contributed by atoms with van der Waals surface area (Å²) in [6, 6.07) is 7.32. The molecule has 2 aromatic rings. The lowest BCUT2D eigenvalue weighted by Crippen LogP contribution is -2.22. The van der Waals surface area contributed by atoms with Crippen LogP contribution in [0.3, 0.4) is 0 Å². The van der Waals surface area contributed by atoms with Gasteiger partial charge in [-0.3, -0.25) is 0 Å². The van der Waals surface area contributed by atoms with Crippen molar-refractivity contribution < 1.29 is 4.39 Å². The molecule has 2 rings (SSSR count). The standard InChI is InChI=1S/C14H13Br3FNS/c1-2-19-12(13-7-11(16)14(17)20-13)5-8-3-9(15)6-10(18)4-8/h3-4,6-7,12,19H,2,5H2,1H3. The van der Waals surface area contributed by atoms with Crippen LogP contribution < -0.4 is 5.32 Å². The first-order valence-electron chi connectivity index (χ1n) is 6.12. The summed E-state index contributed by atoms with van der Waals surface area (Å²) >= 11 is 12.1. The van der Waals surface area contributed by atoms with E-state index in [1.807, 2.05) is 6.07 Å². The fourth-order valence-corrected chi connectivity index (χ4v) is 4.70. The molecule has 0 aliphatic carbocycles. The van der Waals surface area contributed by atoms with E-state index < -0.39 is 0 Å². The first-order valence-corrected chi connectivity index (χ1v) is 9.32. The third kappa shape index (κ3) is 4.37. The lowest BCUT2D eigenvalue weighted by Gasteiger charge is -2.16. The van der Waals surface area contributed by atoms with Crippen molar-refractivity contribution in [3.05, 3.63) is 53.3 Å². The molecule has 0 aliphatic heterocycles. The van der Waals surface area contributed by atoms with Crippen LogP contribution in [0, 0.1) is 5.82 Å². The minimum absolute atomic E-state index is 0.182. The molecule has 1 nitrogen and oxygen atoms in total. The predicted molar refractivity (Wildman–Crippen MR) is 93.9 cm³/mol. The molecule has 0 saturated heterocycles. The number of halogens is 4. The second kappa shape index (κ2) is 7.49. The van der Waals surface area contributed by atoms with Gasteiger partial charge in [0.05, 0.1) is 3.79 Å². The Hall–Kier alpha value is 0.250. The molecule has 1 aromatic heterocycles. The molecular weight excluding hydrogens is 473 g/mol. The molecule has 20 heavy (non-hydrogen) atoms. The summed E-state index contributed by atoms with van der Waals surface area (Å²) in [5, 5.41) is 3.46. The molecule has 6 heteroatoms. The average molecular weight is 486 g/mol. The third-order valence-corrected chi connectivity index (χ3v) is 6.65. The van der Waals surface area contributed by atoms with E-state index in [-0.39, 0.29) is 11.9 Å². The minimum Gasteiger partial charge on any atom is -0.309 e. The summed E-state index contributed by atoms with van der Waals surface area (Å²) in [5.41, 5.74) is 0.975. The van der Waals surface area contributed by atoms with Gasteiger partial charge in [0.15, 0.2) is 0 Å². The van der Waals surface area contributed by atoms with Crippen LogP contribution in [0.5, 0.6) is 0 Å². The maximum atomic E-state index is 13.5. The molecule has 0 radical (unpaired) electrons. The Bertz CT molecular complexity index is 560. The first kappa shape index (κ1) is 16.6. The average Bonchev–Trinajstić information content (AvgIpc) is 2.68.